The molecular formula is C27H37N7O. The van der Waals surface area contributed by atoms with Crippen LogP contribution in [0.25, 0.3) is 0 Å². The van der Waals surface area contributed by atoms with Crippen LogP contribution in [-0.4, -0.2) is 66.2 Å². The average molecular weight is 476 g/mol. The summed E-state index contributed by atoms with van der Waals surface area (Å²) in [5, 5.41) is 11.7. The number of benzene rings is 1. The molecule has 35 heavy (non-hydrogen) atoms. The summed E-state index contributed by atoms with van der Waals surface area (Å²) < 4.78 is 0. The maximum Gasteiger partial charge on any atom is 0.322 e. The summed E-state index contributed by atoms with van der Waals surface area (Å²) in [7, 11) is 0. The fraction of sp³-hybridized carbons (Fsp3) is 0.481. The van der Waals surface area contributed by atoms with E-state index in [1.165, 1.54) is 11.3 Å². The van der Waals surface area contributed by atoms with Gasteiger partial charge in [-0.2, -0.15) is 0 Å². The van der Waals surface area contributed by atoms with Crippen molar-refractivity contribution in [3.8, 4) is 0 Å². The summed E-state index contributed by atoms with van der Waals surface area (Å²) >= 11 is 0. The number of urea groups is 1. The highest BCUT2D eigenvalue weighted by Crippen LogP contribution is 2.32. The SMILES string of the molecule is CCN=C/C=C(\C)C(=N)c1cc2c(cc1N)NC(=O)N([C@@H]1CCCN(CC3=C(C)CCC=N3)C1)C2. The molecule has 0 aliphatic carbocycles. The topological polar surface area (TPSA) is 110 Å². The van der Waals surface area contributed by atoms with Crippen LogP contribution in [0.15, 0.2) is 45.0 Å². The van der Waals surface area contributed by atoms with Gasteiger partial charge in [-0.3, -0.25) is 20.3 Å². The van der Waals surface area contributed by atoms with Crippen molar-refractivity contribution in [2.45, 2.75) is 59.0 Å². The molecule has 1 saturated heterocycles. The molecular weight excluding hydrogens is 438 g/mol. The minimum absolute atomic E-state index is 0.0792. The van der Waals surface area contributed by atoms with Crippen molar-refractivity contribution in [1.29, 1.82) is 5.41 Å². The maximum absolute atomic E-state index is 13.0. The zero-order chi connectivity index (χ0) is 24.9. The van der Waals surface area contributed by atoms with E-state index in [1.54, 1.807) is 12.3 Å². The van der Waals surface area contributed by atoms with Crippen LogP contribution in [0.3, 0.4) is 0 Å². The van der Waals surface area contributed by atoms with Crippen LogP contribution in [0.2, 0.25) is 0 Å². The number of nitrogens with one attached hydrogen (secondary N) is 2. The van der Waals surface area contributed by atoms with Crippen molar-refractivity contribution in [2.75, 3.05) is 37.2 Å². The number of fused-ring (bicyclic) bond motifs is 1. The summed E-state index contributed by atoms with van der Waals surface area (Å²) in [6, 6.07) is 3.80. The lowest BCUT2D eigenvalue weighted by atomic mass is 9.96. The van der Waals surface area contributed by atoms with E-state index in [-0.39, 0.29) is 12.1 Å². The van der Waals surface area contributed by atoms with E-state index in [0.717, 1.165) is 62.1 Å². The molecule has 0 saturated carbocycles. The van der Waals surface area contributed by atoms with E-state index < -0.39 is 0 Å². The Morgan fingerprint density at radius 3 is 3.00 bits per heavy atom. The molecule has 8 heteroatoms. The molecule has 0 spiro atoms. The molecule has 1 aromatic carbocycles. The number of amides is 2. The number of nitrogens with two attached hydrogens (primary N) is 1. The van der Waals surface area contributed by atoms with Gasteiger partial charge in [-0.15, -0.1) is 0 Å². The normalized spacial score (nSPS) is 21.5. The first-order valence-corrected chi connectivity index (χ1v) is 12.6. The third-order valence-electron chi connectivity index (χ3n) is 7.08. The molecule has 4 N–H and O–H groups in total. The summed E-state index contributed by atoms with van der Waals surface area (Å²) in [5.41, 5.74) is 12.9. The van der Waals surface area contributed by atoms with Crippen molar-refractivity contribution < 1.29 is 4.79 Å². The predicted octanol–water partition coefficient (Wildman–Crippen LogP) is 4.62. The highest BCUT2D eigenvalue weighted by atomic mass is 16.2. The Morgan fingerprint density at radius 2 is 2.23 bits per heavy atom. The second-order valence-corrected chi connectivity index (χ2v) is 9.64. The molecule has 1 atom stereocenters. The van der Waals surface area contributed by atoms with Crippen LogP contribution in [0, 0.1) is 5.41 Å². The minimum atomic E-state index is -0.0792. The van der Waals surface area contributed by atoms with Gasteiger partial charge in [0, 0.05) is 61.6 Å². The Morgan fingerprint density at radius 1 is 1.40 bits per heavy atom. The monoisotopic (exact) mass is 475 g/mol. The largest absolute Gasteiger partial charge is 0.398 e. The van der Waals surface area contributed by atoms with Gasteiger partial charge < -0.3 is 16.0 Å². The van der Waals surface area contributed by atoms with Crippen LogP contribution in [-0.2, 0) is 6.54 Å². The van der Waals surface area contributed by atoms with Gasteiger partial charge in [0.25, 0.3) is 0 Å². The molecule has 1 aromatic rings. The highest BCUT2D eigenvalue weighted by molar-refractivity contribution is 6.15. The number of aliphatic imine (C=N–C) groups is 2. The summed E-state index contributed by atoms with van der Waals surface area (Å²) in [6.45, 7) is 9.97. The van der Waals surface area contributed by atoms with Crippen molar-refractivity contribution in [1.82, 2.24) is 9.80 Å². The summed E-state index contributed by atoms with van der Waals surface area (Å²) in [5.74, 6) is 0. The summed E-state index contributed by atoms with van der Waals surface area (Å²) in [4.78, 5) is 26.3. The molecule has 3 aliphatic rings. The molecule has 0 unspecified atom stereocenters. The van der Waals surface area contributed by atoms with Crippen LogP contribution in [0.4, 0.5) is 16.2 Å². The first-order valence-electron chi connectivity index (χ1n) is 12.6. The average Bonchev–Trinajstić information content (AvgIpc) is 2.84. The number of piperidine rings is 1. The van der Waals surface area contributed by atoms with Gasteiger partial charge in [-0.05, 0) is 82.3 Å². The molecule has 1 fully saturated rings. The van der Waals surface area contributed by atoms with Gasteiger partial charge in [0.1, 0.15) is 0 Å². The number of allylic oxidation sites excluding steroid dienone is 3. The van der Waals surface area contributed by atoms with Gasteiger partial charge >= 0.3 is 6.03 Å². The first-order chi connectivity index (χ1) is 16.9. The Hall–Kier alpha value is -3.26. The second-order valence-electron chi connectivity index (χ2n) is 9.64. The van der Waals surface area contributed by atoms with Crippen molar-refractivity contribution in [2.24, 2.45) is 9.98 Å². The van der Waals surface area contributed by atoms with E-state index in [2.05, 4.69) is 27.1 Å². The van der Waals surface area contributed by atoms with Gasteiger partial charge in [-0.1, -0.05) is 5.57 Å². The number of nitrogens with zero attached hydrogens (tertiary/aromatic N) is 4. The number of rotatable bonds is 7. The zero-order valence-corrected chi connectivity index (χ0v) is 21.1. The summed E-state index contributed by atoms with van der Waals surface area (Å²) in [6.07, 6.45) is 9.73. The third-order valence-corrected chi connectivity index (χ3v) is 7.08. The van der Waals surface area contributed by atoms with Crippen LogP contribution in [0.5, 0.6) is 0 Å². The van der Waals surface area contributed by atoms with E-state index in [4.69, 9.17) is 11.1 Å². The number of nitrogen functional groups attached to an aromatic ring is 1. The molecule has 186 valence electrons. The van der Waals surface area contributed by atoms with E-state index in [0.29, 0.717) is 30.1 Å². The molecule has 0 radical (unpaired) electrons. The van der Waals surface area contributed by atoms with Crippen molar-refractivity contribution >= 4 is 35.5 Å². The van der Waals surface area contributed by atoms with E-state index >= 15 is 0 Å². The number of likely N-dealkylation sites (tertiary alicyclic amines) is 1. The lowest BCUT2D eigenvalue weighted by Gasteiger charge is -2.41. The van der Waals surface area contributed by atoms with Crippen molar-refractivity contribution in [3.63, 3.8) is 0 Å². The Kier molecular flexibility index (Phi) is 7.80. The number of carbonyl (C=O) groups is 1. The van der Waals surface area contributed by atoms with Crippen molar-refractivity contribution in [3.05, 3.63) is 46.2 Å². The van der Waals surface area contributed by atoms with Gasteiger partial charge in [0.2, 0.25) is 0 Å². The molecule has 2 amide bonds. The number of carbonyl (C=O) groups excluding carboxylic acids is 1. The quantitative estimate of drug-likeness (QED) is 0.395. The van der Waals surface area contributed by atoms with Crippen LogP contribution >= 0.6 is 0 Å². The lowest BCUT2D eigenvalue weighted by Crippen LogP contribution is -2.52. The van der Waals surface area contributed by atoms with Gasteiger partial charge in [-0.25, -0.2) is 4.79 Å². The molecule has 3 aliphatic heterocycles. The predicted molar refractivity (Wildman–Crippen MR) is 145 cm³/mol. The Labute approximate surface area is 208 Å². The molecule has 3 heterocycles. The lowest BCUT2D eigenvalue weighted by molar-refractivity contribution is 0.117. The van der Waals surface area contributed by atoms with Crippen LogP contribution in [0.1, 0.15) is 57.6 Å². The smallest absolute Gasteiger partial charge is 0.322 e. The van der Waals surface area contributed by atoms with Gasteiger partial charge in [0.15, 0.2) is 0 Å². The first kappa shape index (κ1) is 24.9. The number of hydrogen-bond acceptors (Lipinski definition) is 6. The third kappa shape index (κ3) is 5.70. The zero-order valence-electron chi connectivity index (χ0n) is 21.1. The molecule has 8 nitrogen and oxygen atoms in total. The standard InChI is InChI=1S/C27H37N7O/c1-4-30-11-9-19(3)26(29)22-13-20-15-34(27(35)32-24(20)14-23(22)28)21-8-6-12-33(16-21)17-25-18(2)7-5-10-31-25/h9-11,13-14,21,29H,4-8,12,15-17,28H2,1-3H3,(H,32,35)/b19-9+,29-26?,30-11?/t21-/m1/s1. The fourth-order valence-electron chi connectivity index (χ4n) is 4.95. The number of hydrogen-bond donors (Lipinski definition) is 3. The van der Waals surface area contributed by atoms with Gasteiger partial charge in [0.05, 0.1) is 11.4 Å². The Bertz CT molecular complexity index is 1110. The Balaban J connectivity index is 1.50. The second kappa shape index (κ2) is 11.0. The molecule has 0 aromatic heterocycles. The maximum atomic E-state index is 13.0. The molecule has 4 rings (SSSR count). The fourth-order valence-corrected chi connectivity index (χ4v) is 4.95. The molecule has 0 bridgehead atoms. The van der Waals surface area contributed by atoms with Crippen LogP contribution < -0.4 is 11.1 Å². The highest BCUT2D eigenvalue weighted by Gasteiger charge is 2.33. The van der Waals surface area contributed by atoms with E-state index in [9.17, 15) is 4.79 Å². The number of anilines is 2. The van der Waals surface area contributed by atoms with E-state index in [1.807, 2.05) is 37.1 Å². The minimum Gasteiger partial charge on any atom is -0.398 e.